The van der Waals surface area contributed by atoms with E-state index in [2.05, 4.69) is 5.32 Å². The Morgan fingerprint density at radius 3 is 3.12 bits per heavy atom. The molecule has 1 aliphatic heterocycles. The summed E-state index contributed by atoms with van der Waals surface area (Å²) in [7, 11) is 0. The number of fused-ring (bicyclic) bond motifs is 1. The second-order valence-electron chi connectivity index (χ2n) is 3.85. The fourth-order valence-corrected chi connectivity index (χ4v) is 2.48. The maximum atomic E-state index is 11.8. The third kappa shape index (κ3) is 2.03. The van der Waals surface area contributed by atoms with Crippen LogP contribution in [0.4, 0.5) is 5.69 Å². The molecular weight excluding hydrogens is 234 g/mol. The molecule has 0 fully saturated rings. The van der Waals surface area contributed by atoms with Crippen molar-refractivity contribution in [1.29, 1.82) is 0 Å². The van der Waals surface area contributed by atoms with Gasteiger partial charge in [0.25, 0.3) is 5.91 Å². The molecule has 0 spiro atoms. The van der Waals surface area contributed by atoms with E-state index in [-0.39, 0.29) is 5.91 Å². The van der Waals surface area contributed by atoms with Crippen LogP contribution in [0.2, 0.25) is 0 Å². The predicted molar refractivity (Wildman–Crippen MR) is 67.9 cm³/mol. The number of hydrogen-bond acceptors (Lipinski definition) is 3. The lowest BCUT2D eigenvalue weighted by Crippen LogP contribution is -2.10. The SMILES string of the molecule is O=C(Nc1ccc2c(c1)CCO2)c1cccs1. The highest BCUT2D eigenvalue weighted by atomic mass is 32.1. The molecule has 1 aromatic heterocycles. The summed E-state index contributed by atoms with van der Waals surface area (Å²) < 4.78 is 5.42. The van der Waals surface area contributed by atoms with Crippen LogP contribution in [0.25, 0.3) is 0 Å². The summed E-state index contributed by atoms with van der Waals surface area (Å²) >= 11 is 1.44. The second kappa shape index (κ2) is 4.22. The number of benzene rings is 1. The Labute approximate surface area is 103 Å². The van der Waals surface area contributed by atoms with Gasteiger partial charge in [-0.2, -0.15) is 0 Å². The van der Waals surface area contributed by atoms with Crippen LogP contribution >= 0.6 is 11.3 Å². The van der Waals surface area contributed by atoms with Crippen molar-refractivity contribution in [1.82, 2.24) is 0 Å². The van der Waals surface area contributed by atoms with Gasteiger partial charge in [0.2, 0.25) is 0 Å². The number of nitrogens with one attached hydrogen (secondary N) is 1. The van der Waals surface area contributed by atoms with E-state index in [4.69, 9.17) is 4.74 Å². The molecule has 17 heavy (non-hydrogen) atoms. The van der Waals surface area contributed by atoms with Gasteiger partial charge in [0.1, 0.15) is 5.75 Å². The number of hydrogen-bond donors (Lipinski definition) is 1. The highest BCUT2D eigenvalue weighted by Crippen LogP contribution is 2.28. The molecule has 0 atom stereocenters. The van der Waals surface area contributed by atoms with Gasteiger partial charge < -0.3 is 10.1 Å². The average Bonchev–Trinajstić information content (AvgIpc) is 2.99. The molecule has 1 aliphatic rings. The van der Waals surface area contributed by atoms with Crippen LogP contribution in [0.3, 0.4) is 0 Å². The van der Waals surface area contributed by atoms with Gasteiger partial charge in [-0.1, -0.05) is 6.07 Å². The monoisotopic (exact) mass is 245 g/mol. The van der Waals surface area contributed by atoms with Crippen molar-refractivity contribution in [3.05, 3.63) is 46.2 Å². The Balaban J connectivity index is 1.80. The van der Waals surface area contributed by atoms with E-state index in [1.807, 2.05) is 35.7 Å². The van der Waals surface area contributed by atoms with Crippen LogP contribution in [0.5, 0.6) is 5.75 Å². The Morgan fingerprint density at radius 2 is 2.29 bits per heavy atom. The normalized spacial score (nSPS) is 12.9. The molecule has 4 heteroatoms. The number of ether oxygens (including phenoxy) is 1. The molecule has 0 aliphatic carbocycles. The molecule has 0 bridgehead atoms. The molecular formula is C13H11NO2S. The lowest BCUT2D eigenvalue weighted by molar-refractivity contribution is 0.103. The lowest BCUT2D eigenvalue weighted by Gasteiger charge is -2.05. The predicted octanol–water partition coefficient (Wildman–Crippen LogP) is 2.94. The average molecular weight is 245 g/mol. The Morgan fingerprint density at radius 1 is 1.35 bits per heavy atom. The zero-order valence-corrected chi connectivity index (χ0v) is 9.92. The van der Waals surface area contributed by atoms with E-state index in [1.54, 1.807) is 0 Å². The Kier molecular flexibility index (Phi) is 2.57. The van der Waals surface area contributed by atoms with Gasteiger partial charge in [0.05, 0.1) is 11.5 Å². The highest BCUT2D eigenvalue weighted by Gasteiger charge is 2.13. The van der Waals surface area contributed by atoms with Gasteiger partial charge in [-0.3, -0.25) is 4.79 Å². The van der Waals surface area contributed by atoms with Crippen molar-refractivity contribution in [2.45, 2.75) is 6.42 Å². The minimum atomic E-state index is -0.0566. The van der Waals surface area contributed by atoms with Gasteiger partial charge in [-0.05, 0) is 35.2 Å². The molecule has 2 aromatic rings. The number of carbonyl (C=O) groups excluding carboxylic acids is 1. The number of anilines is 1. The minimum Gasteiger partial charge on any atom is -0.493 e. The largest absolute Gasteiger partial charge is 0.493 e. The van der Waals surface area contributed by atoms with E-state index < -0.39 is 0 Å². The Bertz CT molecular complexity index is 549. The van der Waals surface area contributed by atoms with Crippen LogP contribution < -0.4 is 10.1 Å². The summed E-state index contributed by atoms with van der Waals surface area (Å²) in [6.07, 6.45) is 0.915. The van der Waals surface area contributed by atoms with Crippen LogP contribution in [-0.4, -0.2) is 12.5 Å². The zero-order valence-electron chi connectivity index (χ0n) is 9.10. The Hall–Kier alpha value is -1.81. The molecule has 0 unspecified atom stereocenters. The second-order valence-corrected chi connectivity index (χ2v) is 4.80. The molecule has 0 saturated carbocycles. The number of amides is 1. The van der Waals surface area contributed by atoms with E-state index >= 15 is 0 Å². The third-order valence-electron chi connectivity index (χ3n) is 2.69. The summed E-state index contributed by atoms with van der Waals surface area (Å²) in [5.41, 5.74) is 1.99. The lowest BCUT2D eigenvalue weighted by atomic mass is 10.1. The van der Waals surface area contributed by atoms with Gasteiger partial charge >= 0.3 is 0 Å². The van der Waals surface area contributed by atoms with Gasteiger partial charge in [-0.15, -0.1) is 11.3 Å². The first-order valence-corrected chi connectivity index (χ1v) is 6.31. The number of carbonyl (C=O) groups is 1. The maximum Gasteiger partial charge on any atom is 0.265 e. The molecule has 1 amide bonds. The van der Waals surface area contributed by atoms with Crippen molar-refractivity contribution in [3.63, 3.8) is 0 Å². The van der Waals surface area contributed by atoms with E-state index in [0.717, 1.165) is 34.9 Å². The summed E-state index contributed by atoms with van der Waals surface area (Å²) in [5, 5.41) is 4.78. The van der Waals surface area contributed by atoms with E-state index in [9.17, 15) is 4.79 Å². The summed E-state index contributed by atoms with van der Waals surface area (Å²) in [5.74, 6) is 0.873. The third-order valence-corrected chi connectivity index (χ3v) is 3.56. The van der Waals surface area contributed by atoms with E-state index in [0.29, 0.717) is 0 Å². The quantitative estimate of drug-likeness (QED) is 0.883. The van der Waals surface area contributed by atoms with Crippen LogP contribution in [0.15, 0.2) is 35.7 Å². The van der Waals surface area contributed by atoms with Gasteiger partial charge in [-0.25, -0.2) is 0 Å². The standard InChI is InChI=1S/C13H11NO2S/c15-13(12-2-1-7-17-12)14-10-3-4-11-9(8-10)5-6-16-11/h1-4,7-8H,5-6H2,(H,14,15). The van der Waals surface area contributed by atoms with Gasteiger partial charge in [0, 0.05) is 12.1 Å². The molecule has 1 N–H and O–H groups in total. The molecule has 3 nitrogen and oxygen atoms in total. The smallest absolute Gasteiger partial charge is 0.265 e. The van der Waals surface area contributed by atoms with Crippen LogP contribution in [0, 0.1) is 0 Å². The van der Waals surface area contributed by atoms with Gasteiger partial charge in [0.15, 0.2) is 0 Å². The van der Waals surface area contributed by atoms with Crippen molar-refractivity contribution in [3.8, 4) is 5.75 Å². The molecule has 3 rings (SSSR count). The minimum absolute atomic E-state index is 0.0566. The first-order valence-electron chi connectivity index (χ1n) is 5.43. The van der Waals surface area contributed by atoms with Crippen LogP contribution in [0.1, 0.15) is 15.2 Å². The van der Waals surface area contributed by atoms with E-state index in [1.165, 1.54) is 11.3 Å². The summed E-state index contributed by atoms with van der Waals surface area (Å²) in [6, 6.07) is 9.45. The number of rotatable bonds is 2. The van der Waals surface area contributed by atoms with Crippen molar-refractivity contribution < 1.29 is 9.53 Å². The fraction of sp³-hybridized carbons (Fsp3) is 0.154. The summed E-state index contributed by atoms with van der Waals surface area (Å²) in [6.45, 7) is 0.734. The van der Waals surface area contributed by atoms with Crippen LogP contribution in [-0.2, 0) is 6.42 Å². The van der Waals surface area contributed by atoms with Crippen molar-refractivity contribution in [2.75, 3.05) is 11.9 Å². The highest BCUT2D eigenvalue weighted by molar-refractivity contribution is 7.12. The first kappa shape index (κ1) is 10.4. The number of thiophene rings is 1. The molecule has 2 heterocycles. The van der Waals surface area contributed by atoms with Crippen molar-refractivity contribution in [2.24, 2.45) is 0 Å². The molecule has 1 aromatic carbocycles. The maximum absolute atomic E-state index is 11.8. The van der Waals surface area contributed by atoms with Crippen molar-refractivity contribution >= 4 is 22.9 Å². The fourth-order valence-electron chi connectivity index (χ4n) is 1.86. The molecule has 86 valence electrons. The zero-order chi connectivity index (χ0) is 11.7. The first-order chi connectivity index (χ1) is 8.33. The topological polar surface area (TPSA) is 38.3 Å². The summed E-state index contributed by atoms with van der Waals surface area (Å²) in [4.78, 5) is 12.6. The molecule has 0 saturated heterocycles. The molecule has 0 radical (unpaired) electrons.